The summed E-state index contributed by atoms with van der Waals surface area (Å²) < 4.78 is 20.9. The van der Waals surface area contributed by atoms with Crippen LogP contribution in [0.4, 0.5) is 0 Å². The van der Waals surface area contributed by atoms with Crippen LogP contribution in [0.25, 0.3) is 0 Å². The Labute approximate surface area is 240 Å². The summed E-state index contributed by atoms with van der Waals surface area (Å²) in [5, 5.41) is 10.1. The number of nitrogens with zero attached hydrogens (tertiary/aromatic N) is 1. The van der Waals surface area contributed by atoms with Gasteiger partial charge in [0, 0.05) is 26.2 Å². The van der Waals surface area contributed by atoms with Gasteiger partial charge in [-0.05, 0) is 56.6 Å². The fourth-order valence-corrected chi connectivity index (χ4v) is 5.00. The number of β-amino-alcohol motifs (C(OH)–C–C–N with tert-alkyl or cyclic N) is 1. The average molecular weight is 560 g/mol. The summed E-state index contributed by atoms with van der Waals surface area (Å²) in [5.41, 5.74) is 4.96. The van der Waals surface area contributed by atoms with Crippen LogP contribution in [0.1, 0.15) is 60.3 Å². The molecule has 224 valence electrons. The van der Waals surface area contributed by atoms with Crippen molar-refractivity contribution in [3.05, 3.63) is 58.7 Å². The van der Waals surface area contributed by atoms with E-state index in [1.807, 2.05) is 25.2 Å². The quantitative estimate of drug-likeness (QED) is 0.134. The minimum atomic E-state index is -0.818. The highest BCUT2D eigenvalue weighted by atomic mass is 16.6. The van der Waals surface area contributed by atoms with Gasteiger partial charge in [-0.25, -0.2) is 4.79 Å². The summed E-state index contributed by atoms with van der Waals surface area (Å²) in [6, 6.07) is -0.818. The topological polar surface area (TPSA) is 94.5 Å². The predicted molar refractivity (Wildman–Crippen MR) is 157 cm³/mol. The summed E-state index contributed by atoms with van der Waals surface area (Å²) in [6.07, 6.45) is 14.7. The lowest BCUT2D eigenvalue weighted by Crippen LogP contribution is -2.41. The Morgan fingerprint density at radius 2 is 1.70 bits per heavy atom. The van der Waals surface area contributed by atoms with Crippen LogP contribution in [0, 0.1) is 5.41 Å². The number of carbonyl (C=O) groups is 2. The van der Waals surface area contributed by atoms with Crippen molar-refractivity contribution >= 4 is 11.9 Å². The second-order valence-electron chi connectivity index (χ2n) is 11.2. The third-order valence-corrected chi connectivity index (χ3v) is 7.23. The van der Waals surface area contributed by atoms with Crippen molar-refractivity contribution in [1.82, 2.24) is 4.90 Å². The van der Waals surface area contributed by atoms with Gasteiger partial charge in [0.15, 0.2) is 0 Å². The van der Waals surface area contributed by atoms with E-state index in [0.717, 1.165) is 17.6 Å². The molecule has 0 aromatic carbocycles. The molecule has 0 spiro atoms. The Morgan fingerprint density at radius 3 is 2.38 bits per heavy atom. The van der Waals surface area contributed by atoms with E-state index in [9.17, 15) is 14.7 Å². The first-order valence-electron chi connectivity index (χ1n) is 14.3. The molecule has 0 aromatic rings. The molecule has 8 nitrogen and oxygen atoms in total. The highest BCUT2D eigenvalue weighted by Gasteiger charge is 2.39. The van der Waals surface area contributed by atoms with Gasteiger partial charge in [0.05, 0.1) is 39.1 Å². The van der Waals surface area contributed by atoms with Crippen LogP contribution < -0.4 is 0 Å². The second-order valence-corrected chi connectivity index (χ2v) is 11.2. The summed E-state index contributed by atoms with van der Waals surface area (Å²) in [4.78, 5) is 26.9. The van der Waals surface area contributed by atoms with Crippen LogP contribution in [0.5, 0.6) is 0 Å². The zero-order chi connectivity index (χ0) is 29.5. The zero-order valence-electron chi connectivity index (χ0n) is 25.2. The van der Waals surface area contributed by atoms with E-state index in [2.05, 4.69) is 39.8 Å². The third-order valence-electron chi connectivity index (χ3n) is 7.23. The first kappa shape index (κ1) is 33.7. The number of rotatable bonds is 15. The average Bonchev–Trinajstić information content (AvgIpc) is 3.29. The predicted octanol–water partition coefficient (Wildman–Crippen LogP) is 4.70. The smallest absolute Gasteiger partial charge is 0.329 e. The van der Waals surface area contributed by atoms with E-state index in [0.29, 0.717) is 26.4 Å². The van der Waals surface area contributed by atoms with Crippen molar-refractivity contribution < 1.29 is 33.6 Å². The number of carbonyl (C=O) groups excluding carboxylic acids is 2. The van der Waals surface area contributed by atoms with E-state index in [1.165, 1.54) is 35.0 Å². The van der Waals surface area contributed by atoms with Crippen molar-refractivity contribution in [3.8, 4) is 0 Å². The van der Waals surface area contributed by atoms with Crippen molar-refractivity contribution in [2.24, 2.45) is 5.41 Å². The SMILES string of the molecule is COCCOCCOCCOC(=O)C1CC(O)CN1C(=O)/C=C(C)/C=C/C=C(C)/C=C/C1=C(C)CCCC1(C)C. The van der Waals surface area contributed by atoms with E-state index < -0.39 is 18.1 Å². The molecule has 1 heterocycles. The molecule has 1 N–H and O–H groups in total. The lowest BCUT2D eigenvalue weighted by Gasteiger charge is -2.32. The highest BCUT2D eigenvalue weighted by Crippen LogP contribution is 2.40. The Balaban J connectivity index is 1.85. The molecule has 1 fully saturated rings. The normalized spacial score (nSPS) is 22.1. The van der Waals surface area contributed by atoms with Crippen molar-refractivity contribution in [1.29, 1.82) is 0 Å². The zero-order valence-corrected chi connectivity index (χ0v) is 25.2. The number of allylic oxidation sites excluding steroid dienone is 9. The number of ether oxygens (including phenoxy) is 4. The van der Waals surface area contributed by atoms with Crippen LogP contribution >= 0.6 is 0 Å². The standard InChI is InChI=1S/C32H49NO7/c1-24(12-13-28-26(3)11-8-14-32(28,4)5)9-7-10-25(2)21-30(35)33-23-27(34)22-29(33)31(36)40-20-19-39-18-17-38-16-15-37-6/h7,9-10,12-13,21,27,29,34H,8,11,14-20,22-23H2,1-6H3/b10-7+,13-12+,24-9+,25-21+. The number of aliphatic hydroxyl groups excluding tert-OH is 1. The number of esters is 1. The van der Waals surface area contributed by atoms with E-state index in [1.54, 1.807) is 7.11 Å². The summed E-state index contributed by atoms with van der Waals surface area (Å²) in [6.45, 7) is 13.0. The first-order chi connectivity index (χ1) is 19.0. The Hall–Kier alpha value is -2.52. The second kappa shape index (κ2) is 17.3. The van der Waals surface area contributed by atoms with Gasteiger partial charge in [0.1, 0.15) is 12.6 Å². The van der Waals surface area contributed by atoms with Gasteiger partial charge in [-0.1, -0.05) is 55.4 Å². The van der Waals surface area contributed by atoms with Crippen molar-refractivity contribution in [2.45, 2.75) is 72.4 Å². The van der Waals surface area contributed by atoms with E-state index >= 15 is 0 Å². The molecule has 1 aliphatic carbocycles. The van der Waals surface area contributed by atoms with Gasteiger partial charge in [-0.2, -0.15) is 0 Å². The van der Waals surface area contributed by atoms with Gasteiger partial charge in [0.25, 0.3) is 0 Å². The van der Waals surface area contributed by atoms with E-state index in [-0.39, 0.29) is 37.5 Å². The molecule has 1 amide bonds. The molecule has 40 heavy (non-hydrogen) atoms. The summed E-state index contributed by atoms with van der Waals surface area (Å²) in [7, 11) is 1.61. The number of likely N-dealkylation sites (tertiary alicyclic amines) is 1. The van der Waals surface area contributed by atoms with Crippen molar-refractivity contribution in [3.63, 3.8) is 0 Å². The maximum absolute atomic E-state index is 12.9. The maximum Gasteiger partial charge on any atom is 0.329 e. The summed E-state index contributed by atoms with van der Waals surface area (Å²) in [5.74, 6) is -0.865. The van der Waals surface area contributed by atoms with Gasteiger partial charge < -0.3 is 29.0 Å². The lowest BCUT2D eigenvalue weighted by molar-refractivity contribution is -0.153. The number of amides is 1. The molecule has 2 atom stereocenters. The van der Waals surface area contributed by atoms with Gasteiger partial charge in [-0.3, -0.25) is 4.79 Å². The van der Waals surface area contributed by atoms with Crippen LogP contribution in [-0.2, 0) is 28.5 Å². The molecule has 8 heteroatoms. The van der Waals surface area contributed by atoms with Gasteiger partial charge >= 0.3 is 5.97 Å². The largest absolute Gasteiger partial charge is 0.462 e. The molecule has 2 rings (SSSR count). The molecular formula is C32H49NO7. The van der Waals surface area contributed by atoms with Crippen LogP contribution in [0.15, 0.2) is 58.7 Å². The van der Waals surface area contributed by atoms with Crippen molar-refractivity contribution in [2.75, 3.05) is 53.3 Å². The monoisotopic (exact) mass is 559 g/mol. The molecular weight excluding hydrogens is 510 g/mol. The maximum atomic E-state index is 12.9. The Bertz CT molecular complexity index is 989. The number of aliphatic hydroxyl groups is 1. The number of hydrogen-bond donors (Lipinski definition) is 1. The molecule has 1 aliphatic heterocycles. The fraction of sp³-hybridized carbons (Fsp3) is 0.625. The van der Waals surface area contributed by atoms with Crippen LogP contribution in [0.3, 0.4) is 0 Å². The van der Waals surface area contributed by atoms with Gasteiger partial charge in [-0.15, -0.1) is 0 Å². The molecule has 1 saturated heterocycles. The fourth-order valence-electron chi connectivity index (χ4n) is 5.00. The minimum absolute atomic E-state index is 0.0671. The molecule has 0 aromatic heterocycles. The molecule has 2 unspecified atom stereocenters. The highest BCUT2D eigenvalue weighted by molar-refractivity contribution is 5.93. The third kappa shape index (κ3) is 11.5. The van der Waals surface area contributed by atoms with E-state index in [4.69, 9.17) is 18.9 Å². The Morgan fingerprint density at radius 1 is 1.02 bits per heavy atom. The molecule has 0 saturated carbocycles. The number of hydrogen-bond acceptors (Lipinski definition) is 7. The molecule has 2 aliphatic rings. The first-order valence-corrected chi connectivity index (χ1v) is 14.3. The molecule has 0 bridgehead atoms. The minimum Gasteiger partial charge on any atom is -0.462 e. The summed E-state index contributed by atoms with van der Waals surface area (Å²) >= 11 is 0. The molecule has 0 radical (unpaired) electrons. The lowest BCUT2D eigenvalue weighted by atomic mass is 9.72. The van der Waals surface area contributed by atoms with Crippen LogP contribution in [-0.4, -0.2) is 87.3 Å². The van der Waals surface area contributed by atoms with Gasteiger partial charge in [0.2, 0.25) is 5.91 Å². The Kier molecular flexibility index (Phi) is 14.6. The van der Waals surface area contributed by atoms with Crippen LogP contribution in [0.2, 0.25) is 0 Å². The number of methoxy groups -OCH3 is 1.